The first-order valence-electron chi connectivity index (χ1n) is 5.04. The SMILES string of the molecule is FC(F)(F)c1nnc(NCCCc2ncn[nH]2)s1. The third-order valence-electron chi connectivity index (χ3n) is 2.00. The molecule has 2 aromatic rings. The van der Waals surface area contributed by atoms with E-state index in [-0.39, 0.29) is 5.13 Å². The molecular formula is C8H9F3N6S. The Morgan fingerprint density at radius 1 is 1.33 bits per heavy atom. The van der Waals surface area contributed by atoms with E-state index in [1.54, 1.807) is 0 Å². The molecule has 98 valence electrons. The minimum Gasteiger partial charge on any atom is -0.360 e. The molecule has 0 bridgehead atoms. The topological polar surface area (TPSA) is 79.4 Å². The van der Waals surface area contributed by atoms with E-state index in [0.29, 0.717) is 30.7 Å². The number of nitrogens with one attached hydrogen (secondary N) is 2. The van der Waals surface area contributed by atoms with Crippen molar-refractivity contribution in [3.63, 3.8) is 0 Å². The van der Waals surface area contributed by atoms with Crippen molar-refractivity contribution >= 4 is 16.5 Å². The molecule has 2 heterocycles. The van der Waals surface area contributed by atoms with Gasteiger partial charge in [-0.05, 0) is 6.42 Å². The van der Waals surface area contributed by atoms with E-state index in [1.165, 1.54) is 6.33 Å². The van der Waals surface area contributed by atoms with Crippen LogP contribution in [0.25, 0.3) is 0 Å². The minimum absolute atomic E-state index is 0.167. The standard InChI is InChI=1S/C8H9F3N6S/c9-8(10,11)6-16-17-7(18-6)12-3-1-2-5-13-4-14-15-5/h4H,1-3H2,(H,12,17)(H,13,14,15). The van der Waals surface area contributed by atoms with Gasteiger partial charge in [0.1, 0.15) is 12.2 Å². The normalized spacial score (nSPS) is 11.7. The fraction of sp³-hybridized carbons (Fsp3) is 0.500. The summed E-state index contributed by atoms with van der Waals surface area (Å²) in [7, 11) is 0. The number of hydrogen-bond acceptors (Lipinski definition) is 6. The molecular weight excluding hydrogens is 269 g/mol. The number of anilines is 1. The highest BCUT2D eigenvalue weighted by atomic mass is 32.1. The van der Waals surface area contributed by atoms with Crippen LogP contribution in [0.15, 0.2) is 6.33 Å². The molecule has 0 spiro atoms. The fourth-order valence-corrected chi connectivity index (χ4v) is 1.85. The summed E-state index contributed by atoms with van der Waals surface area (Å²) in [5.41, 5.74) is 0. The van der Waals surface area contributed by atoms with Gasteiger partial charge in [0, 0.05) is 13.0 Å². The van der Waals surface area contributed by atoms with Crippen LogP contribution in [0.5, 0.6) is 0 Å². The molecule has 0 aromatic carbocycles. The Bertz CT molecular complexity index is 479. The number of hydrogen-bond donors (Lipinski definition) is 2. The smallest absolute Gasteiger partial charge is 0.360 e. The molecule has 18 heavy (non-hydrogen) atoms. The van der Waals surface area contributed by atoms with Crippen LogP contribution in [0, 0.1) is 0 Å². The van der Waals surface area contributed by atoms with Crippen LogP contribution in [0.3, 0.4) is 0 Å². The van der Waals surface area contributed by atoms with Gasteiger partial charge in [0.15, 0.2) is 0 Å². The Kier molecular flexibility index (Phi) is 3.75. The lowest BCUT2D eigenvalue weighted by atomic mass is 10.3. The van der Waals surface area contributed by atoms with Gasteiger partial charge in [-0.25, -0.2) is 4.98 Å². The first-order chi connectivity index (χ1) is 8.55. The molecule has 0 amide bonds. The van der Waals surface area contributed by atoms with Gasteiger partial charge in [-0.2, -0.15) is 18.3 Å². The summed E-state index contributed by atoms with van der Waals surface area (Å²) in [6.07, 6.45) is -1.66. The van der Waals surface area contributed by atoms with Gasteiger partial charge in [-0.15, -0.1) is 10.2 Å². The van der Waals surface area contributed by atoms with Crippen LogP contribution in [-0.4, -0.2) is 31.9 Å². The zero-order chi connectivity index (χ0) is 13.0. The van der Waals surface area contributed by atoms with E-state index >= 15 is 0 Å². The molecule has 0 fully saturated rings. The maximum atomic E-state index is 12.2. The molecule has 0 saturated carbocycles. The largest absolute Gasteiger partial charge is 0.445 e. The lowest BCUT2D eigenvalue weighted by Gasteiger charge is -2.00. The molecule has 0 radical (unpaired) electrons. The van der Waals surface area contributed by atoms with Crippen LogP contribution < -0.4 is 5.32 Å². The molecule has 0 aliphatic heterocycles. The van der Waals surface area contributed by atoms with Gasteiger partial charge in [0.25, 0.3) is 0 Å². The van der Waals surface area contributed by atoms with E-state index in [1.807, 2.05) is 0 Å². The molecule has 0 aliphatic rings. The van der Waals surface area contributed by atoms with Crippen molar-refractivity contribution in [1.82, 2.24) is 25.4 Å². The Hall–Kier alpha value is -1.71. The third-order valence-corrected chi connectivity index (χ3v) is 2.92. The number of aryl methyl sites for hydroxylation is 1. The summed E-state index contributed by atoms with van der Waals surface area (Å²) >= 11 is 0.494. The Labute approximate surface area is 104 Å². The molecule has 6 nitrogen and oxygen atoms in total. The second-order valence-corrected chi connectivity index (χ2v) is 4.35. The lowest BCUT2D eigenvalue weighted by Crippen LogP contribution is -2.03. The average molecular weight is 278 g/mol. The second-order valence-electron chi connectivity index (χ2n) is 3.37. The summed E-state index contributed by atoms with van der Waals surface area (Å²) in [6, 6.07) is 0. The Morgan fingerprint density at radius 2 is 2.17 bits per heavy atom. The molecule has 0 atom stereocenters. The number of H-pyrrole nitrogens is 1. The van der Waals surface area contributed by atoms with E-state index < -0.39 is 11.2 Å². The van der Waals surface area contributed by atoms with Crippen molar-refractivity contribution in [3.05, 3.63) is 17.2 Å². The highest BCUT2D eigenvalue weighted by Gasteiger charge is 2.35. The number of halogens is 3. The summed E-state index contributed by atoms with van der Waals surface area (Å²) in [5.74, 6) is 0.741. The first-order valence-corrected chi connectivity index (χ1v) is 5.86. The van der Waals surface area contributed by atoms with Gasteiger partial charge in [0.05, 0.1) is 0 Å². The van der Waals surface area contributed by atoms with Gasteiger partial charge in [-0.1, -0.05) is 11.3 Å². The van der Waals surface area contributed by atoms with Gasteiger partial charge in [0.2, 0.25) is 10.1 Å². The summed E-state index contributed by atoms with van der Waals surface area (Å²) < 4.78 is 36.7. The predicted molar refractivity (Wildman–Crippen MR) is 58.1 cm³/mol. The van der Waals surface area contributed by atoms with E-state index in [2.05, 4.69) is 30.7 Å². The van der Waals surface area contributed by atoms with Gasteiger partial charge < -0.3 is 5.32 Å². The quantitative estimate of drug-likeness (QED) is 0.814. The number of rotatable bonds is 5. The zero-order valence-electron chi connectivity index (χ0n) is 9.03. The van der Waals surface area contributed by atoms with Crippen molar-refractivity contribution in [2.24, 2.45) is 0 Å². The molecule has 0 saturated heterocycles. The molecule has 0 unspecified atom stereocenters. The summed E-state index contributed by atoms with van der Waals surface area (Å²) in [5, 5.41) is 14.9. The van der Waals surface area contributed by atoms with Crippen molar-refractivity contribution < 1.29 is 13.2 Å². The molecule has 2 N–H and O–H groups in total. The van der Waals surface area contributed by atoms with Crippen LogP contribution in [0.4, 0.5) is 18.3 Å². The molecule has 2 aromatic heterocycles. The Balaban J connectivity index is 1.75. The predicted octanol–water partition coefficient (Wildman–Crippen LogP) is 1.72. The van der Waals surface area contributed by atoms with E-state index in [9.17, 15) is 13.2 Å². The van der Waals surface area contributed by atoms with Crippen LogP contribution in [0.1, 0.15) is 17.3 Å². The zero-order valence-corrected chi connectivity index (χ0v) is 9.85. The molecule has 0 aliphatic carbocycles. The highest BCUT2D eigenvalue weighted by Crippen LogP contribution is 2.32. The molecule has 10 heteroatoms. The van der Waals surface area contributed by atoms with Gasteiger partial charge in [-0.3, -0.25) is 5.10 Å². The number of alkyl halides is 3. The van der Waals surface area contributed by atoms with Gasteiger partial charge >= 0.3 is 6.18 Å². The van der Waals surface area contributed by atoms with Crippen LogP contribution >= 0.6 is 11.3 Å². The Morgan fingerprint density at radius 3 is 2.78 bits per heavy atom. The number of nitrogens with zero attached hydrogens (tertiary/aromatic N) is 4. The summed E-state index contributed by atoms with van der Waals surface area (Å²) in [6.45, 7) is 0.493. The van der Waals surface area contributed by atoms with Crippen molar-refractivity contribution in [1.29, 1.82) is 0 Å². The van der Waals surface area contributed by atoms with Crippen molar-refractivity contribution in [3.8, 4) is 0 Å². The maximum absolute atomic E-state index is 12.2. The lowest BCUT2D eigenvalue weighted by molar-refractivity contribution is -0.138. The fourth-order valence-electron chi connectivity index (χ4n) is 1.21. The molecule has 2 rings (SSSR count). The minimum atomic E-state index is -4.43. The third kappa shape index (κ3) is 3.39. The maximum Gasteiger partial charge on any atom is 0.445 e. The average Bonchev–Trinajstić information content (AvgIpc) is 2.95. The van der Waals surface area contributed by atoms with E-state index in [4.69, 9.17) is 0 Å². The number of aromatic amines is 1. The van der Waals surface area contributed by atoms with Crippen molar-refractivity contribution in [2.75, 3.05) is 11.9 Å². The van der Waals surface area contributed by atoms with Crippen LogP contribution in [-0.2, 0) is 12.6 Å². The first kappa shape index (κ1) is 12.7. The second kappa shape index (κ2) is 5.29. The van der Waals surface area contributed by atoms with Crippen LogP contribution in [0.2, 0.25) is 0 Å². The number of aromatic nitrogens is 5. The highest BCUT2D eigenvalue weighted by molar-refractivity contribution is 7.15. The summed E-state index contributed by atoms with van der Waals surface area (Å²) in [4.78, 5) is 3.93. The monoisotopic (exact) mass is 278 g/mol. The van der Waals surface area contributed by atoms with Crippen molar-refractivity contribution in [2.45, 2.75) is 19.0 Å². The van der Waals surface area contributed by atoms with E-state index in [0.717, 1.165) is 5.82 Å².